The monoisotopic (exact) mass is 508 g/mol. The summed E-state index contributed by atoms with van der Waals surface area (Å²) in [4.78, 5) is 38.4. The van der Waals surface area contributed by atoms with Gasteiger partial charge in [-0.15, -0.1) is 0 Å². The highest BCUT2D eigenvalue weighted by Crippen LogP contribution is 2.37. The van der Waals surface area contributed by atoms with E-state index in [0.29, 0.717) is 31.7 Å². The first kappa shape index (κ1) is 20.1. The molecular weight excluding hydrogens is 496 g/mol. The largest absolute Gasteiger partial charge is 0.493 e. The summed E-state index contributed by atoms with van der Waals surface area (Å²) in [6.07, 6.45) is 1.39. The number of halogens is 2. The number of imide groups is 2. The molecule has 7 nitrogen and oxygen atoms in total. The van der Waals surface area contributed by atoms with Crippen molar-refractivity contribution in [3.05, 3.63) is 56.5 Å². The summed E-state index contributed by atoms with van der Waals surface area (Å²) in [7, 11) is 2.98. The van der Waals surface area contributed by atoms with E-state index in [1.807, 2.05) is 0 Å². The van der Waals surface area contributed by atoms with Crippen LogP contribution in [0, 0.1) is 0 Å². The Morgan fingerprint density at radius 1 is 1.04 bits per heavy atom. The molecule has 1 saturated heterocycles. The maximum Gasteiger partial charge on any atom is 0.335 e. The van der Waals surface area contributed by atoms with Crippen LogP contribution in [0.5, 0.6) is 11.5 Å². The molecule has 1 N–H and O–H groups in total. The molecule has 1 aliphatic rings. The molecule has 1 aliphatic heterocycles. The average molecular weight is 510 g/mol. The van der Waals surface area contributed by atoms with Gasteiger partial charge in [0.05, 0.1) is 24.4 Å². The van der Waals surface area contributed by atoms with Crippen molar-refractivity contribution >= 4 is 61.5 Å². The molecule has 144 valence electrons. The number of urea groups is 1. The van der Waals surface area contributed by atoms with E-state index in [4.69, 9.17) is 9.47 Å². The summed E-state index contributed by atoms with van der Waals surface area (Å²) < 4.78 is 11.8. The number of rotatable bonds is 4. The second-order valence-corrected chi connectivity index (χ2v) is 7.45. The van der Waals surface area contributed by atoms with E-state index >= 15 is 0 Å². The van der Waals surface area contributed by atoms with Gasteiger partial charge in [0.15, 0.2) is 11.5 Å². The van der Waals surface area contributed by atoms with Crippen molar-refractivity contribution in [2.45, 2.75) is 0 Å². The Balaban J connectivity index is 2.06. The molecule has 9 heteroatoms. The molecule has 0 unspecified atom stereocenters. The number of hydrogen-bond donors (Lipinski definition) is 1. The van der Waals surface area contributed by atoms with Gasteiger partial charge in [-0.1, -0.05) is 22.0 Å². The minimum Gasteiger partial charge on any atom is -0.493 e. The molecule has 28 heavy (non-hydrogen) atoms. The van der Waals surface area contributed by atoms with Crippen LogP contribution >= 0.6 is 31.9 Å². The molecule has 3 rings (SSSR count). The van der Waals surface area contributed by atoms with Crippen LogP contribution < -0.4 is 19.7 Å². The fourth-order valence-corrected chi connectivity index (χ4v) is 3.70. The van der Waals surface area contributed by atoms with Crippen LogP contribution in [0.4, 0.5) is 10.5 Å². The number of methoxy groups -OCH3 is 2. The lowest BCUT2D eigenvalue weighted by Crippen LogP contribution is -2.54. The predicted octanol–water partition coefficient (Wildman–Crippen LogP) is 3.90. The topological polar surface area (TPSA) is 84.9 Å². The normalized spacial score (nSPS) is 15.6. The highest BCUT2D eigenvalue weighted by molar-refractivity contribution is 9.10. The molecule has 0 spiro atoms. The first-order chi connectivity index (χ1) is 13.3. The smallest absolute Gasteiger partial charge is 0.335 e. The van der Waals surface area contributed by atoms with Crippen molar-refractivity contribution in [2.24, 2.45) is 0 Å². The first-order valence-corrected chi connectivity index (χ1v) is 9.53. The highest BCUT2D eigenvalue weighted by atomic mass is 79.9. The van der Waals surface area contributed by atoms with E-state index in [0.717, 1.165) is 4.90 Å². The lowest BCUT2D eigenvalue weighted by atomic mass is 10.1. The Morgan fingerprint density at radius 3 is 2.43 bits per heavy atom. The molecule has 0 aliphatic carbocycles. The van der Waals surface area contributed by atoms with Crippen molar-refractivity contribution in [3.8, 4) is 11.5 Å². The number of benzene rings is 2. The molecule has 2 aromatic rings. The second-order valence-electron chi connectivity index (χ2n) is 5.68. The van der Waals surface area contributed by atoms with E-state index in [1.165, 1.54) is 20.3 Å². The van der Waals surface area contributed by atoms with Crippen LogP contribution in [0.25, 0.3) is 6.08 Å². The zero-order valence-electron chi connectivity index (χ0n) is 14.8. The second kappa shape index (κ2) is 8.15. The zero-order valence-corrected chi connectivity index (χ0v) is 18.0. The predicted molar refractivity (Wildman–Crippen MR) is 110 cm³/mol. The Morgan fingerprint density at radius 2 is 1.79 bits per heavy atom. The van der Waals surface area contributed by atoms with Crippen LogP contribution in [0.15, 0.2) is 50.9 Å². The summed E-state index contributed by atoms with van der Waals surface area (Å²) in [5, 5.41) is 2.19. The van der Waals surface area contributed by atoms with Gasteiger partial charge in [0.2, 0.25) is 0 Å². The van der Waals surface area contributed by atoms with Gasteiger partial charge in [0.25, 0.3) is 11.8 Å². The van der Waals surface area contributed by atoms with E-state index in [2.05, 4.69) is 37.2 Å². The highest BCUT2D eigenvalue weighted by Gasteiger charge is 2.36. The first-order valence-electron chi connectivity index (χ1n) is 7.94. The summed E-state index contributed by atoms with van der Waals surface area (Å²) in [6, 6.07) is 9.15. The molecule has 0 radical (unpaired) electrons. The minimum atomic E-state index is -0.807. The van der Waals surface area contributed by atoms with Gasteiger partial charge in [-0.05, 0) is 57.9 Å². The third-order valence-electron chi connectivity index (χ3n) is 3.93. The fourth-order valence-electron chi connectivity index (χ4n) is 2.70. The average Bonchev–Trinajstić information content (AvgIpc) is 2.64. The van der Waals surface area contributed by atoms with Gasteiger partial charge in [-0.3, -0.25) is 14.9 Å². The SMILES string of the molecule is COc1cc(C=C2C(=O)NC(=O)N(c3cccc(Br)c3)C2=O)cc(Br)c1OC. The molecule has 1 fully saturated rings. The lowest BCUT2D eigenvalue weighted by molar-refractivity contribution is -0.122. The third kappa shape index (κ3) is 3.81. The Bertz CT molecular complexity index is 1020. The molecule has 0 aromatic heterocycles. The zero-order chi connectivity index (χ0) is 20.4. The Hall–Kier alpha value is -2.65. The molecule has 0 atom stereocenters. The van der Waals surface area contributed by atoms with Gasteiger partial charge >= 0.3 is 6.03 Å². The van der Waals surface area contributed by atoms with Gasteiger partial charge in [-0.2, -0.15) is 0 Å². The van der Waals surface area contributed by atoms with Gasteiger partial charge in [0.1, 0.15) is 5.57 Å². The summed E-state index contributed by atoms with van der Waals surface area (Å²) in [5.41, 5.74) is 0.675. The number of ether oxygens (including phenoxy) is 2. The number of carbonyl (C=O) groups is 3. The number of nitrogens with zero attached hydrogens (tertiary/aromatic N) is 1. The Labute approximate surface area is 177 Å². The van der Waals surface area contributed by atoms with Crippen molar-refractivity contribution in [1.82, 2.24) is 5.32 Å². The number of amides is 4. The van der Waals surface area contributed by atoms with Gasteiger partial charge in [-0.25, -0.2) is 9.69 Å². The van der Waals surface area contributed by atoms with E-state index in [1.54, 1.807) is 36.4 Å². The summed E-state index contributed by atoms with van der Waals surface area (Å²) in [5.74, 6) is -0.591. The summed E-state index contributed by atoms with van der Waals surface area (Å²) in [6.45, 7) is 0. The van der Waals surface area contributed by atoms with Crippen LogP contribution in [-0.2, 0) is 9.59 Å². The third-order valence-corrected chi connectivity index (χ3v) is 5.02. The number of carbonyl (C=O) groups excluding carboxylic acids is 3. The maximum atomic E-state index is 12.9. The molecule has 0 bridgehead atoms. The molecule has 1 heterocycles. The van der Waals surface area contributed by atoms with Gasteiger partial charge < -0.3 is 9.47 Å². The number of barbiturate groups is 1. The van der Waals surface area contributed by atoms with Crippen molar-refractivity contribution < 1.29 is 23.9 Å². The van der Waals surface area contributed by atoms with Crippen LogP contribution in [-0.4, -0.2) is 32.1 Å². The number of anilines is 1. The van der Waals surface area contributed by atoms with Crippen molar-refractivity contribution in [2.75, 3.05) is 19.1 Å². The number of hydrogen-bond acceptors (Lipinski definition) is 5. The molecule has 0 saturated carbocycles. The number of nitrogens with one attached hydrogen (secondary N) is 1. The van der Waals surface area contributed by atoms with Crippen LogP contribution in [0.3, 0.4) is 0 Å². The molecule has 4 amide bonds. The van der Waals surface area contributed by atoms with Crippen LogP contribution in [0.2, 0.25) is 0 Å². The molecular formula is C19H14Br2N2O5. The van der Waals surface area contributed by atoms with E-state index in [9.17, 15) is 14.4 Å². The minimum absolute atomic E-state index is 0.182. The van der Waals surface area contributed by atoms with E-state index < -0.39 is 17.8 Å². The Kier molecular flexibility index (Phi) is 5.85. The maximum absolute atomic E-state index is 12.9. The van der Waals surface area contributed by atoms with Gasteiger partial charge in [0, 0.05) is 4.47 Å². The van der Waals surface area contributed by atoms with E-state index in [-0.39, 0.29) is 5.57 Å². The standard InChI is InChI=1S/C19H14Br2N2O5/c1-27-15-8-10(7-14(21)16(15)28-2)6-13-17(24)22-19(26)23(18(13)25)12-5-3-4-11(20)9-12/h3-9H,1-2H3,(H,22,24,26). The van der Waals surface area contributed by atoms with Crippen molar-refractivity contribution in [3.63, 3.8) is 0 Å². The van der Waals surface area contributed by atoms with Crippen LogP contribution in [0.1, 0.15) is 5.56 Å². The summed E-state index contributed by atoms with van der Waals surface area (Å²) >= 11 is 6.68. The van der Waals surface area contributed by atoms with Crippen molar-refractivity contribution in [1.29, 1.82) is 0 Å². The quantitative estimate of drug-likeness (QED) is 0.499. The fraction of sp³-hybridized carbons (Fsp3) is 0.105. The molecule has 2 aromatic carbocycles. The lowest BCUT2D eigenvalue weighted by Gasteiger charge is -2.26.